The highest BCUT2D eigenvalue weighted by molar-refractivity contribution is 8.00. The van der Waals surface area contributed by atoms with Crippen molar-refractivity contribution in [3.05, 3.63) is 65.2 Å². The Morgan fingerprint density at radius 2 is 1.70 bits per heavy atom. The fourth-order valence-electron chi connectivity index (χ4n) is 2.41. The van der Waals surface area contributed by atoms with Crippen LogP contribution in [-0.2, 0) is 6.42 Å². The summed E-state index contributed by atoms with van der Waals surface area (Å²) in [7, 11) is 0. The van der Waals surface area contributed by atoms with Crippen molar-refractivity contribution in [1.82, 2.24) is 5.32 Å². The molecule has 2 aromatic rings. The molecule has 0 aromatic heterocycles. The van der Waals surface area contributed by atoms with E-state index in [0.29, 0.717) is 5.25 Å². The second-order valence-corrected chi connectivity index (χ2v) is 7.57. The lowest BCUT2D eigenvalue weighted by Crippen LogP contribution is -2.27. The lowest BCUT2D eigenvalue weighted by atomic mass is 10.0. The Bertz CT molecular complexity index is 649. The molecular weight excluding hydrogens is 302 g/mol. The number of carbonyl (C=O) groups excluding carboxylic acids is 1. The molecule has 3 heteroatoms. The van der Waals surface area contributed by atoms with E-state index in [2.05, 4.69) is 50.4 Å². The van der Waals surface area contributed by atoms with Crippen LogP contribution in [0.4, 0.5) is 0 Å². The largest absolute Gasteiger partial charge is 0.345 e. The maximum absolute atomic E-state index is 12.6. The molecule has 0 saturated heterocycles. The third-order valence-electron chi connectivity index (χ3n) is 3.73. The summed E-state index contributed by atoms with van der Waals surface area (Å²) in [5, 5.41) is 3.56. The van der Waals surface area contributed by atoms with E-state index < -0.39 is 0 Å². The Hall–Kier alpha value is -1.74. The van der Waals surface area contributed by atoms with Crippen molar-refractivity contribution in [1.29, 1.82) is 0 Å². The van der Waals surface area contributed by atoms with Crippen LogP contribution < -0.4 is 5.32 Å². The lowest BCUT2D eigenvalue weighted by molar-refractivity contribution is 0.0937. The Labute approximate surface area is 143 Å². The van der Waals surface area contributed by atoms with E-state index in [4.69, 9.17) is 0 Å². The van der Waals surface area contributed by atoms with Gasteiger partial charge in [-0.1, -0.05) is 57.2 Å². The highest BCUT2D eigenvalue weighted by Gasteiger charge is 2.15. The summed E-state index contributed by atoms with van der Waals surface area (Å²) < 4.78 is 0. The molecule has 1 amide bonds. The van der Waals surface area contributed by atoms with Crippen molar-refractivity contribution < 1.29 is 4.79 Å². The summed E-state index contributed by atoms with van der Waals surface area (Å²) in [5.41, 5.74) is 3.19. The van der Waals surface area contributed by atoms with E-state index in [1.54, 1.807) is 11.8 Å². The van der Waals surface area contributed by atoms with E-state index in [9.17, 15) is 4.79 Å². The molecular formula is C20H25NOS. The summed E-state index contributed by atoms with van der Waals surface area (Å²) in [6.45, 7) is 8.44. The molecule has 2 rings (SSSR count). The number of hydrogen-bond acceptors (Lipinski definition) is 2. The van der Waals surface area contributed by atoms with E-state index >= 15 is 0 Å². The first-order valence-electron chi connectivity index (χ1n) is 8.16. The molecule has 0 aliphatic rings. The summed E-state index contributed by atoms with van der Waals surface area (Å²) in [4.78, 5) is 13.7. The van der Waals surface area contributed by atoms with Crippen LogP contribution in [0.3, 0.4) is 0 Å². The van der Waals surface area contributed by atoms with Gasteiger partial charge in [-0.25, -0.2) is 0 Å². The molecule has 2 aromatic carbocycles. The van der Waals surface area contributed by atoms with Crippen molar-refractivity contribution >= 4 is 17.7 Å². The minimum absolute atomic E-state index is 0.00878. The quantitative estimate of drug-likeness (QED) is 0.735. The minimum Gasteiger partial charge on any atom is -0.345 e. The molecule has 122 valence electrons. The number of hydrogen-bond donors (Lipinski definition) is 1. The van der Waals surface area contributed by atoms with Gasteiger partial charge >= 0.3 is 0 Å². The number of amides is 1. The summed E-state index contributed by atoms with van der Waals surface area (Å²) in [5.74, 6) is -0.0131. The van der Waals surface area contributed by atoms with Crippen molar-refractivity contribution in [2.24, 2.45) is 0 Å². The standard InChI is InChI=1S/C20H25NOS/c1-5-16-10-12-17(13-11-16)15(4)21-20(22)18-8-6-7-9-19(18)23-14(2)3/h6-15H,5H2,1-4H3,(H,21,22). The molecule has 1 atom stereocenters. The Morgan fingerprint density at radius 1 is 1.04 bits per heavy atom. The van der Waals surface area contributed by atoms with Crippen LogP contribution in [0.25, 0.3) is 0 Å². The highest BCUT2D eigenvalue weighted by Crippen LogP contribution is 2.27. The Kier molecular flexibility index (Phi) is 6.28. The average molecular weight is 327 g/mol. The molecule has 0 bridgehead atoms. The third-order valence-corrected chi connectivity index (χ3v) is 4.81. The molecule has 0 heterocycles. The number of nitrogens with one attached hydrogen (secondary N) is 1. The Balaban J connectivity index is 2.11. The molecule has 0 radical (unpaired) electrons. The van der Waals surface area contributed by atoms with Crippen LogP contribution in [0.5, 0.6) is 0 Å². The summed E-state index contributed by atoms with van der Waals surface area (Å²) in [6, 6.07) is 16.2. The molecule has 0 fully saturated rings. The lowest BCUT2D eigenvalue weighted by Gasteiger charge is -2.17. The predicted octanol–water partition coefficient (Wildman–Crippen LogP) is 5.24. The van der Waals surface area contributed by atoms with Gasteiger partial charge in [0.25, 0.3) is 5.91 Å². The van der Waals surface area contributed by atoms with Gasteiger partial charge in [-0.3, -0.25) is 4.79 Å². The number of rotatable bonds is 6. The topological polar surface area (TPSA) is 29.1 Å². The van der Waals surface area contributed by atoms with E-state index in [1.165, 1.54) is 5.56 Å². The van der Waals surface area contributed by atoms with Gasteiger partial charge in [-0.05, 0) is 36.6 Å². The van der Waals surface area contributed by atoms with E-state index in [0.717, 1.165) is 22.4 Å². The van der Waals surface area contributed by atoms with E-state index in [1.807, 2.05) is 31.2 Å². The summed E-state index contributed by atoms with van der Waals surface area (Å²) in [6.07, 6.45) is 1.03. The van der Waals surface area contributed by atoms with Crippen LogP contribution >= 0.6 is 11.8 Å². The molecule has 1 N–H and O–H groups in total. The second kappa shape index (κ2) is 8.21. The normalized spacial score (nSPS) is 12.2. The first kappa shape index (κ1) is 17.6. The van der Waals surface area contributed by atoms with Gasteiger partial charge in [0.05, 0.1) is 11.6 Å². The monoisotopic (exact) mass is 327 g/mol. The summed E-state index contributed by atoms with van der Waals surface area (Å²) >= 11 is 1.72. The number of benzene rings is 2. The second-order valence-electron chi connectivity index (χ2n) is 5.95. The molecule has 2 nitrogen and oxygen atoms in total. The fourth-order valence-corrected chi connectivity index (χ4v) is 3.36. The van der Waals surface area contributed by atoms with Gasteiger partial charge in [0.2, 0.25) is 0 Å². The van der Waals surface area contributed by atoms with Crippen molar-refractivity contribution in [2.75, 3.05) is 0 Å². The number of carbonyl (C=O) groups is 1. The zero-order valence-corrected chi connectivity index (χ0v) is 15.1. The third kappa shape index (κ3) is 4.87. The van der Waals surface area contributed by atoms with Gasteiger partial charge < -0.3 is 5.32 Å². The van der Waals surface area contributed by atoms with Crippen LogP contribution in [-0.4, -0.2) is 11.2 Å². The first-order chi connectivity index (χ1) is 11.0. The van der Waals surface area contributed by atoms with Crippen molar-refractivity contribution in [3.8, 4) is 0 Å². The maximum Gasteiger partial charge on any atom is 0.252 e. The number of aryl methyl sites for hydroxylation is 1. The van der Waals surface area contributed by atoms with Gasteiger partial charge in [-0.15, -0.1) is 11.8 Å². The first-order valence-corrected chi connectivity index (χ1v) is 9.04. The van der Waals surface area contributed by atoms with Crippen LogP contribution in [0, 0.1) is 0 Å². The smallest absolute Gasteiger partial charge is 0.252 e. The molecule has 0 spiro atoms. The van der Waals surface area contributed by atoms with Crippen molar-refractivity contribution in [3.63, 3.8) is 0 Å². The van der Waals surface area contributed by atoms with Crippen molar-refractivity contribution in [2.45, 2.75) is 50.3 Å². The number of thioether (sulfide) groups is 1. The van der Waals surface area contributed by atoms with Crippen LogP contribution in [0.15, 0.2) is 53.4 Å². The maximum atomic E-state index is 12.6. The van der Waals surface area contributed by atoms with Gasteiger partial charge in [0, 0.05) is 10.1 Å². The highest BCUT2D eigenvalue weighted by atomic mass is 32.2. The minimum atomic E-state index is -0.0131. The fraction of sp³-hybridized carbons (Fsp3) is 0.350. The van der Waals surface area contributed by atoms with Gasteiger partial charge in [-0.2, -0.15) is 0 Å². The Morgan fingerprint density at radius 3 is 2.30 bits per heavy atom. The molecule has 23 heavy (non-hydrogen) atoms. The zero-order valence-electron chi connectivity index (χ0n) is 14.3. The zero-order chi connectivity index (χ0) is 16.8. The van der Waals surface area contributed by atoms with Gasteiger partial charge in [0.15, 0.2) is 0 Å². The van der Waals surface area contributed by atoms with Gasteiger partial charge in [0.1, 0.15) is 0 Å². The predicted molar refractivity (Wildman–Crippen MR) is 99.1 cm³/mol. The molecule has 0 aliphatic carbocycles. The van der Waals surface area contributed by atoms with Crippen LogP contribution in [0.1, 0.15) is 55.2 Å². The molecule has 1 unspecified atom stereocenters. The molecule has 0 aliphatic heterocycles. The average Bonchev–Trinajstić information content (AvgIpc) is 2.54. The van der Waals surface area contributed by atoms with Crippen LogP contribution in [0.2, 0.25) is 0 Å². The molecule has 0 saturated carbocycles. The SMILES string of the molecule is CCc1ccc(C(C)NC(=O)c2ccccc2SC(C)C)cc1. The van der Waals surface area contributed by atoms with E-state index in [-0.39, 0.29) is 11.9 Å².